The Morgan fingerprint density at radius 2 is 2.14 bits per heavy atom. The highest BCUT2D eigenvalue weighted by molar-refractivity contribution is 6.06. The molecule has 106 valence electrons. The second kappa shape index (κ2) is 5.66. The van der Waals surface area contributed by atoms with Crippen LogP contribution in [0.2, 0.25) is 0 Å². The van der Waals surface area contributed by atoms with Crippen molar-refractivity contribution in [3.8, 4) is 5.75 Å². The third-order valence-corrected chi connectivity index (χ3v) is 3.03. The Morgan fingerprint density at radius 3 is 3.00 bits per heavy atom. The number of rotatable bonds is 4. The molecule has 0 unspecified atom stereocenters. The Balaban J connectivity index is 1.85. The first-order valence-electron chi connectivity index (χ1n) is 6.64. The fraction of sp³-hybridized carbons (Fsp3) is 0.125. The largest absolute Gasteiger partial charge is 0.492 e. The number of anilines is 1. The first-order chi connectivity index (χ1) is 10.3. The zero-order valence-corrected chi connectivity index (χ0v) is 11.5. The molecule has 2 aromatic carbocycles. The predicted molar refractivity (Wildman–Crippen MR) is 79.6 cm³/mol. The van der Waals surface area contributed by atoms with Crippen molar-refractivity contribution in [3.05, 3.63) is 54.4 Å². The van der Waals surface area contributed by atoms with Gasteiger partial charge in [0, 0.05) is 5.56 Å². The molecule has 1 aromatic heterocycles. The molecule has 0 aliphatic rings. The minimum atomic E-state index is -0.222. The van der Waals surface area contributed by atoms with Gasteiger partial charge < -0.3 is 14.5 Å². The maximum Gasteiger partial charge on any atom is 0.255 e. The van der Waals surface area contributed by atoms with Crippen LogP contribution in [0.4, 0.5) is 5.69 Å². The molecule has 0 bridgehead atoms. The van der Waals surface area contributed by atoms with Gasteiger partial charge in [-0.1, -0.05) is 12.1 Å². The molecule has 1 heterocycles. The average Bonchev–Trinajstić information content (AvgIpc) is 2.97. The van der Waals surface area contributed by atoms with E-state index in [0.29, 0.717) is 29.2 Å². The summed E-state index contributed by atoms with van der Waals surface area (Å²) >= 11 is 0. The van der Waals surface area contributed by atoms with E-state index in [0.717, 1.165) is 5.52 Å². The molecule has 0 radical (unpaired) electrons. The quantitative estimate of drug-likeness (QED) is 0.795. The van der Waals surface area contributed by atoms with E-state index in [1.165, 1.54) is 6.39 Å². The van der Waals surface area contributed by atoms with Crippen molar-refractivity contribution in [3.63, 3.8) is 0 Å². The van der Waals surface area contributed by atoms with E-state index in [9.17, 15) is 4.79 Å². The van der Waals surface area contributed by atoms with Crippen LogP contribution in [0.15, 0.2) is 53.3 Å². The zero-order valence-electron chi connectivity index (χ0n) is 11.5. The number of amides is 1. The van der Waals surface area contributed by atoms with Gasteiger partial charge in [-0.25, -0.2) is 4.98 Å². The van der Waals surface area contributed by atoms with Crippen molar-refractivity contribution in [2.45, 2.75) is 6.92 Å². The summed E-state index contributed by atoms with van der Waals surface area (Å²) in [6, 6.07) is 12.5. The van der Waals surface area contributed by atoms with E-state index in [-0.39, 0.29) is 5.91 Å². The lowest BCUT2D eigenvalue weighted by molar-refractivity contribution is 0.102. The van der Waals surface area contributed by atoms with E-state index >= 15 is 0 Å². The first-order valence-corrected chi connectivity index (χ1v) is 6.64. The smallest absolute Gasteiger partial charge is 0.255 e. The van der Waals surface area contributed by atoms with Crippen LogP contribution in [0.25, 0.3) is 11.1 Å². The van der Waals surface area contributed by atoms with E-state index < -0.39 is 0 Å². The molecule has 21 heavy (non-hydrogen) atoms. The van der Waals surface area contributed by atoms with Gasteiger partial charge in [-0.3, -0.25) is 4.79 Å². The number of hydrogen-bond donors (Lipinski definition) is 1. The second-order valence-corrected chi connectivity index (χ2v) is 4.42. The summed E-state index contributed by atoms with van der Waals surface area (Å²) in [7, 11) is 0. The van der Waals surface area contributed by atoms with Gasteiger partial charge in [-0.05, 0) is 37.3 Å². The number of benzene rings is 2. The van der Waals surface area contributed by atoms with Crippen molar-refractivity contribution in [1.29, 1.82) is 0 Å². The van der Waals surface area contributed by atoms with Gasteiger partial charge in [-0.15, -0.1) is 0 Å². The monoisotopic (exact) mass is 282 g/mol. The zero-order chi connectivity index (χ0) is 14.7. The van der Waals surface area contributed by atoms with Crippen LogP contribution in [-0.2, 0) is 0 Å². The molecule has 0 saturated heterocycles. The lowest BCUT2D eigenvalue weighted by Gasteiger charge is -2.11. The molecule has 0 saturated carbocycles. The van der Waals surface area contributed by atoms with Crippen LogP contribution in [0.5, 0.6) is 5.75 Å². The molecule has 0 atom stereocenters. The Bertz CT molecular complexity index is 780. The molecule has 3 rings (SSSR count). The van der Waals surface area contributed by atoms with Gasteiger partial charge in [0.15, 0.2) is 12.0 Å². The molecule has 0 spiro atoms. The van der Waals surface area contributed by atoms with Crippen LogP contribution >= 0.6 is 0 Å². The highest BCUT2D eigenvalue weighted by Crippen LogP contribution is 2.24. The number of fused-ring (bicyclic) bond motifs is 1. The van der Waals surface area contributed by atoms with Crippen molar-refractivity contribution < 1.29 is 13.9 Å². The first kappa shape index (κ1) is 13.2. The Labute approximate surface area is 121 Å². The molecule has 0 aliphatic heterocycles. The molecule has 0 aliphatic carbocycles. The number of nitrogens with zero attached hydrogens (tertiary/aromatic N) is 1. The highest BCUT2D eigenvalue weighted by atomic mass is 16.5. The third kappa shape index (κ3) is 2.72. The van der Waals surface area contributed by atoms with Crippen molar-refractivity contribution in [2.75, 3.05) is 11.9 Å². The van der Waals surface area contributed by atoms with Crippen LogP contribution in [0.1, 0.15) is 17.3 Å². The van der Waals surface area contributed by atoms with Crippen molar-refractivity contribution >= 4 is 22.7 Å². The van der Waals surface area contributed by atoms with Crippen LogP contribution in [0, 0.1) is 0 Å². The number of oxazole rings is 1. The Kier molecular flexibility index (Phi) is 3.55. The fourth-order valence-electron chi connectivity index (χ4n) is 2.04. The maximum atomic E-state index is 12.3. The highest BCUT2D eigenvalue weighted by Gasteiger charge is 2.11. The minimum absolute atomic E-state index is 0.222. The van der Waals surface area contributed by atoms with Crippen LogP contribution < -0.4 is 10.1 Å². The predicted octanol–water partition coefficient (Wildman–Crippen LogP) is 3.48. The minimum Gasteiger partial charge on any atom is -0.492 e. The number of ether oxygens (including phenoxy) is 1. The molecule has 1 N–H and O–H groups in total. The molecule has 5 heteroatoms. The Morgan fingerprint density at radius 1 is 1.29 bits per heavy atom. The van der Waals surface area contributed by atoms with Crippen LogP contribution in [0.3, 0.4) is 0 Å². The number of hydrogen-bond acceptors (Lipinski definition) is 4. The second-order valence-electron chi connectivity index (χ2n) is 4.42. The molecule has 3 aromatic rings. The van der Waals surface area contributed by atoms with Gasteiger partial charge in [-0.2, -0.15) is 0 Å². The summed E-state index contributed by atoms with van der Waals surface area (Å²) in [5.41, 5.74) is 2.45. The van der Waals surface area contributed by atoms with E-state index in [1.54, 1.807) is 24.3 Å². The van der Waals surface area contributed by atoms with Gasteiger partial charge >= 0.3 is 0 Å². The lowest BCUT2D eigenvalue weighted by atomic mass is 10.2. The number of aromatic nitrogens is 1. The maximum absolute atomic E-state index is 12.3. The molecular weight excluding hydrogens is 268 g/mol. The number of nitrogens with one attached hydrogen (secondary N) is 1. The van der Waals surface area contributed by atoms with Crippen molar-refractivity contribution in [2.24, 2.45) is 0 Å². The summed E-state index contributed by atoms with van der Waals surface area (Å²) in [5.74, 6) is 0.426. The number of para-hydroxylation sites is 2. The molecule has 1 amide bonds. The summed E-state index contributed by atoms with van der Waals surface area (Å²) in [6.45, 7) is 2.44. The lowest BCUT2D eigenvalue weighted by Crippen LogP contribution is -2.12. The number of carbonyl (C=O) groups excluding carboxylic acids is 1. The summed E-state index contributed by atoms with van der Waals surface area (Å²) in [5, 5.41) is 2.84. The molecular formula is C16H14N2O3. The molecule has 5 nitrogen and oxygen atoms in total. The van der Waals surface area contributed by atoms with Gasteiger partial charge in [0.1, 0.15) is 11.3 Å². The fourth-order valence-corrected chi connectivity index (χ4v) is 2.04. The number of carbonyl (C=O) groups is 1. The third-order valence-electron chi connectivity index (χ3n) is 3.03. The van der Waals surface area contributed by atoms with Crippen LogP contribution in [-0.4, -0.2) is 17.5 Å². The Hall–Kier alpha value is -2.82. The van der Waals surface area contributed by atoms with E-state index in [4.69, 9.17) is 9.15 Å². The van der Waals surface area contributed by atoms with E-state index in [1.807, 2.05) is 25.1 Å². The average molecular weight is 282 g/mol. The summed E-state index contributed by atoms with van der Waals surface area (Å²) < 4.78 is 10.7. The van der Waals surface area contributed by atoms with Crippen molar-refractivity contribution in [1.82, 2.24) is 4.98 Å². The van der Waals surface area contributed by atoms with Gasteiger partial charge in [0.2, 0.25) is 0 Å². The summed E-state index contributed by atoms with van der Waals surface area (Å²) in [4.78, 5) is 16.3. The summed E-state index contributed by atoms with van der Waals surface area (Å²) in [6.07, 6.45) is 1.36. The topological polar surface area (TPSA) is 64.4 Å². The standard InChI is InChI=1S/C16H14N2O3/c1-2-20-14-6-4-3-5-13(14)18-16(19)11-7-8-12-15(9-11)21-10-17-12/h3-10H,2H2,1H3,(H,18,19). The normalized spacial score (nSPS) is 10.5. The SMILES string of the molecule is CCOc1ccccc1NC(=O)c1ccc2ncoc2c1. The van der Waals surface area contributed by atoms with Gasteiger partial charge in [0.25, 0.3) is 5.91 Å². The molecule has 0 fully saturated rings. The van der Waals surface area contributed by atoms with Gasteiger partial charge in [0.05, 0.1) is 12.3 Å². The van der Waals surface area contributed by atoms with E-state index in [2.05, 4.69) is 10.3 Å².